The zero-order chi connectivity index (χ0) is 35.3. The van der Waals surface area contributed by atoms with E-state index < -0.39 is 24.3 Å². The third-order valence-corrected chi connectivity index (χ3v) is 9.71. The number of nitrogens with zero attached hydrogens (tertiary/aromatic N) is 6. The van der Waals surface area contributed by atoms with Crippen molar-refractivity contribution in [3.63, 3.8) is 0 Å². The van der Waals surface area contributed by atoms with Crippen LogP contribution in [0.3, 0.4) is 0 Å². The van der Waals surface area contributed by atoms with Gasteiger partial charge in [-0.25, -0.2) is 9.78 Å². The number of carbonyl (C=O) groups excluding carboxylic acids is 2. The van der Waals surface area contributed by atoms with E-state index in [1.807, 2.05) is 41.3 Å². The van der Waals surface area contributed by atoms with Crippen LogP contribution in [0.15, 0.2) is 91.5 Å². The van der Waals surface area contributed by atoms with E-state index >= 15 is 0 Å². The summed E-state index contributed by atoms with van der Waals surface area (Å²) in [6.45, 7) is 3.34. The minimum atomic E-state index is -1.15. The van der Waals surface area contributed by atoms with E-state index in [4.69, 9.17) is 15.0 Å². The van der Waals surface area contributed by atoms with Crippen LogP contribution in [-0.4, -0.2) is 90.6 Å². The zero-order valence-electron chi connectivity index (χ0n) is 28.3. The average Bonchev–Trinajstić information content (AvgIpc) is 3.87. The number of urea groups is 1. The van der Waals surface area contributed by atoms with Gasteiger partial charge in [-0.15, -0.1) is 0 Å². The Balaban J connectivity index is 1.19. The Morgan fingerprint density at radius 1 is 0.922 bits per heavy atom. The van der Waals surface area contributed by atoms with Crippen molar-refractivity contribution in [3.05, 3.63) is 103 Å². The maximum absolute atomic E-state index is 12.8. The van der Waals surface area contributed by atoms with Crippen LogP contribution in [0.4, 0.5) is 22.2 Å². The van der Waals surface area contributed by atoms with Crippen LogP contribution in [-0.2, 0) is 4.79 Å². The van der Waals surface area contributed by atoms with Crippen LogP contribution in [0.1, 0.15) is 49.3 Å². The van der Waals surface area contributed by atoms with Crippen molar-refractivity contribution in [3.8, 4) is 0 Å². The van der Waals surface area contributed by atoms with Crippen molar-refractivity contribution in [2.24, 2.45) is 0 Å². The van der Waals surface area contributed by atoms with Gasteiger partial charge in [-0.05, 0) is 36.1 Å². The van der Waals surface area contributed by atoms with Gasteiger partial charge >= 0.3 is 6.03 Å². The number of nitrogens with one attached hydrogen (secondary N) is 4. The lowest BCUT2D eigenvalue weighted by Crippen LogP contribution is -2.42. The zero-order valence-corrected chi connectivity index (χ0v) is 28.3. The molecule has 1 saturated carbocycles. The summed E-state index contributed by atoms with van der Waals surface area (Å²) in [5.41, 5.74) is 3.95. The number of anilines is 3. The van der Waals surface area contributed by atoms with Gasteiger partial charge in [0.15, 0.2) is 17.0 Å². The van der Waals surface area contributed by atoms with Gasteiger partial charge < -0.3 is 40.9 Å². The van der Waals surface area contributed by atoms with E-state index in [0.717, 1.165) is 11.1 Å². The summed E-state index contributed by atoms with van der Waals surface area (Å²) in [6.07, 6.45) is 3.80. The first-order valence-electron chi connectivity index (χ1n) is 17.3. The SMILES string of the molecule is CCC(=O)N[C@H]1CC(n2cnc3c(NCC(c4ccccc4)c4ccccc4)nc(N4CC[C@H](NC(=O)Nc5ccncc5)C4)nc32)[C@H](O)[C@@H]1O. The number of hydrogen-bond donors (Lipinski definition) is 6. The molecule has 2 aromatic carbocycles. The summed E-state index contributed by atoms with van der Waals surface area (Å²) in [5.74, 6) is 0.792. The van der Waals surface area contributed by atoms with Crippen molar-refractivity contribution >= 4 is 40.6 Å². The van der Waals surface area contributed by atoms with E-state index in [9.17, 15) is 19.8 Å². The molecule has 7 rings (SSSR count). The van der Waals surface area contributed by atoms with E-state index in [1.165, 1.54) is 0 Å². The highest BCUT2D eigenvalue weighted by molar-refractivity contribution is 5.89. The summed E-state index contributed by atoms with van der Waals surface area (Å²) in [4.78, 5) is 45.6. The highest BCUT2D eigenvalue weighted by Gasteiger charge is 2.44. The molecule has 14 nitrogen and oxygen atoms in total. The molecule has 1 saturated heterocycles. The Labute approximate surface area is 295 Å². The molecule has 2 fully saturated rings. The van der Waals surface area contributed by atoms with Crippen LogP contribution in [0.25, 0.3) is 11.2 Å². The fraction of sp³-hybridized carbons (Fsp3) is 0.351. The number of hydrogen-bond acceptors (Lipinski definition) is 10. The normalized spacial score (nSPS) is 21.6. The molecule has 51 heavy (non-hydrogen) atoms. The Bertz CT molecular complexity index is 1910. The summed E-state index contributed by atoms with van der Waals surface area (Å²) in [5, 5.41) is 34.4. The molecule has 5 atom stereocenters. The standard InChI is InChI=1S/C37H42N10O4/c1-2-30(48)43-28-19-29(33(50)32(28)49)47-22-40-31-34(39-20-27(23-9-5-3-6-10-23)24-11-7-4-8-12-24)44-36(45-35(31)47)46-18-15-26(21-46)42-37(51)41-25-13-16-38-17-14-25/h3-14,16-17,22,26-29,32-33,49-50H,2,15,18-21H2,1H3,(H,43,48)(H,39,44,45)(H2,38,41,42,51)/t26-,28-,29?,32+,33-/m0/s1. The molecule has 5 aromatic rings. The molecular weight excluding hydrogens is 648 g/mol. The van der Waals surface area contributed by atoms with Crippen LogP contribution in [0.2, 0.25) is 0 Å². The van der Waals surface area contributed by atoms with Gasteiger partial charge in [0, 0.05) is 56.1 Å². The first-order chi connectivity index (χ1) is 24.9. The van der Waals surface area contributed by atoms with Gasteiger partial charge in [-0.1, -0.05) is 67.6 Å². The molecule has 0 spiro atoms. The van der Waals surface area contributed by atoms with Gasteiger partial charge in [-0.3, -0.25) is 9.78 Å². The van der Waals surface area contributed by atoms with Crippen molar-refractivity contribution in [2.75, 3.05) is 35.2 Å². The smallest absolute Gasteiger partial charge is 0.319 e. The van der Waals surface area contributed by atoms with Crippen LogP contribution < -0.4 is 26.2 Å². The van der Waals surface area contributed by atoms with Gasteiger partial charge in [0.2, 0.25) is 11.9 Å². The lowest BCUT2D eigenvalue weighted by atomic mass is 9.91. The third kappa shape index (κ3) is 7.47. The molecule has 1 aliphatic heterocycles. The van der Waals surface area contributed by atoms with Crippen molar-refractivity contribution < 1.29 is 19.8 Å². The number of pyridine rings is 1. The number of amides is 3. The lowest BCUT2D eigenvalue weighted by molar-refractivity contribution is -0.122. The van der Waals surface area contributed by atoms with Gasteiger partial charge in [0.1, 0.15) is 12.2 Å². The molecule has 14 heteroatoms. The second-order valence-corrected chi connectivity index (χ2v) is 13.0. The molecule has 2 aliphatic rings. The molecule has 264 valence electrons. The number of benzene rings is 2. The summed E-state index contributed by atoms with van der Waals surface area (Å²) in [7, 11) is 0. The molecule has 3 aromatic heterocycles. The minimum Gasteiger partial charge on any atom is -0.388 e. The minimum absolute atomic E-state index is 0.0111. The summed E-state index contributed by atoms with van der Waals surface area (Å²) < 4.78 is 1.78. The predicted molar refractivity (Wildman–Crippen MR) is 193 cm³/mol. The monoisotopic (exact) mass is 690 g/mol. The van der Waals surface area contributed by atoms with E-state index in [0.29, 0.717) is 61.1 Å². The van der Waals surface area contributed by atoms with Crippen LogP contribution in [0, 0.1) is 0 Å². The van der Waals surface area contributed by atoms with E-state index in [1.54, 1.807) is 42.3 Å². The topological polar surface area (TPSA) is 182 Å². The highest BCUT2D eigenvalue weighted by atomic mass is 16.3. The second-order valence-electron chi connectivity index (χ2n) is 13.0. The lowest BCUT2D eigenvalue weighted by Gasteiger charge is -2.22. The molecule has 6 N–H and O–H groups in total. The Kier molecular flexibility index (Phi) is 10.0. The average molecular weight is 691 g/mol. The summed E-state index contributed by atoms with van der Waals surface area (Å²) in [6, 6.07) is 22.3. The number of aliphatic hydroxyl groups excluding tert-OH is 2. The predicted octanol–water partition coefficient (Wildman–Crippen LogP) is 3.43. The van der Waals surface area contributed by atoms with Gasteiger partial charge in [0.05, 0.1) is 18.4 Å². The number of imidazole rings is 1. The third-order valence-electron chi connectivity index (χ3n) is 9.71. The molecule has 1 aliphatic carbocycles. The van der Waals surface area contributed by atoms with E-state index in [2.05, 4.69) is 50.5 Å². The molecule has 1 unspecified atom stereocenters. The Morgan fingerprint density at radius 2 is 1.63 bits per heavy atom. The highest BCUT2D eigenvalue weighted by Crippen LogP contribution is 2.35. The first-order valence-corrected chi connectivity index (χ1v) is 17.3. The Hall–Kier alpha value is -5.60. The summed E-state index contributed by atoms with van der Waals surface area (Å²) >= 11 is 0. The first kappa shape index (κ1) is 33.9. The van der Waals surface area contributed by atoms with Crippen molar-refractivity contribution in [1.29, 1.82) is 0 Å². The molecular formula is C37H42N10O4. The number of aromatic nitrogens is 5. The van der Waals surface area contributed by atoms with Crippen LogP contribution >= 0.6 is 0 Å². The number of aliphatic hydroxyl groups is 2. The number of carbonyl (C=O) groups is 2. The number of fused-ring (bicyclic) bond motifs is 1. The van der Waals surface area contributed by atoms with Gasteiger partial charge in [0.25, 0.3) is 0 Å². The van der Waals surface area contributed by atoms with Gasteiger partial charge in [-0.2, -0.15) is 9.97 Å². The fourth-order valence-electron chi connectivity index (χ4n) is 6.99. The second kappa shape index (κ2) is 15.1. The molecule has 0 radical (unpaired) electrons. The molecule has 0 bridgehead atoms. The number of rotatable bonds is 11. The maximum Gasteiger partial charge on any atom is 0.319 e. The molecule has 3 amide bonds. The fourth-order valence-corrected chi connectivity index (χ4v) is 6.99. The van der Waals surface area contributed by atoms with Crippen molar-refractivity contribution in [2.45, 2.75) is 62.4 Å². The maximum atomic E-state index is 12.8. The van der Waals surface area contributed by atoms with Crippen LogP contribution in [0.5, 0.6) is 0 Å². The molecule has 4 heterocycles. The Morgan fingerprint density at radius 3 is 2.31 bits per heavy atom. The largest absolute Gasteiger partial charge is 0.388 e. The van der Waals surface area contributed by atoms with E-state index in [-0.39, 0.29) is 30.3 Å². The van der Waals surface area contributed by atoms with Crippen molar-refractivity contribution in [1.82, 2.24) is 35.1 Å². The quantitative estimate of drug-likeness (QED) is 0.120.